The van der Waals surface area contributed by atoms with E-state index in [1.807, 2.05) is 6.21 Å². The molecule has 11 aromatic rings. The van der Waals surface area contributed by atoms with Crippen LogP contribution in [0.3, 0.4) is 0 Å². The van der Waals surface area contributed by atoms with Gasteiger partial charge in [-0.1, -0.05) is 158 Å². The number of benzene rings is 10. The van der Waals surface area contributed by atoms with E-state index in [4.69, 9.17) is 4.99 Å². The predicted octanol–water partition coefficient (Wildman–Crippen LogP) is 15.5. The van der Waals surface area contributed by atoms with E-state index in [9.17, 15) is 0 Å². The molecule has 10 aromatic carbocycles. The van der Waals surface area contributed by atoms with Crippen molar-refractivity contribution in [3.05, 3.63) is 236 Å². The second kappa shape index (κ2) is 15.1. The van der Waals surface area contributed by atoms with Gasteiger partial charge in [0.15, 0.2) is 0 Å². The van der Waals surface area contributed by atoms with Crippen LogP contribution >= 0.6 is 0 Å². The number of nitrogens with zero attached hydrogens (tertiary/aromatic N) is 4. The molecular formula is C59H42N4. The Morgan fingerprint density at radius 2 is 0.984 bits per heavy atom. The summed E-state index contributed by atoms with van der Waals surface area (Å²) in [5.41, 5.74) is 14.9. The molecule has 12 rings (SSSR count). The SMILES string of the molecule is CN1c2ccccc2C=NC1c1cc(-c2ccc(-c3ccc4c5c6ccccc6c6ccccc6c5n(-c5ccccc5)c4c3)cc2)cc(N(c2ccccc2)c2ccccc2)c1. The fraction of sp³-hybridized carbons (Fsp3) is 0.0339. The topological polar surface area (TPSA) is 23.8 Å². The third-order valence-electron chi connectivity index (χ3n) is 12.8. The molecule has 0 bridgehead atoms. The highest BCUT2D eigenvalue weighted by molar-refractivity contribution is 6.32. The Morgan fingerprint density at radius 3 is 1.68 bits per heavy atom. The molecule has 0 amide bonds. The van der Waals surface area contributed by atoms with Gasteiger partial charge in [-0.3, -0.25) is 4.99 Å². The molecule has 0 radical (unpaired) electrons. The molecule has 1 aromatic heterocycles. The van der Waals surface area contributed by atoms with E-state index >= 15 is 0 Å². The van der Waals surface area contributed by atoms with E-state index in [-0.39, 0.29) is 6.17 Å². The maximum absolute atomic E-state index is 5.14. The van der Waals surface area contributed by atoms with Crippen molar-refractivity contribution in [1.82, 2.24) is 4.57 Å². The highest BCUT2D eigenvalue weighted by Gasteiger charge is 2.25. The fourth-order valence-corrected chi connectivity index (χ4v) is 9.85. The highest BCUT2D eigenvalue weighted by Crippen LogP contribution is 2.45. The van der Waals surface area contributed by atoms with E-state index in [1.54, 1.807) is 0 Å². The number of aromatic nitrogens is 1. The Labute approximate surface area is 366 Å². The molecule has 0 fully saturated rings. The molecule has 1 aliphatic heterocycles. The van der Waals surface area contributed by atoms with Gasteiger partial charge in [0.25, 0.3) is 0 Å². The van der Waals surface area contributed by atoms with Crippen LogP contribution < -0.4 is 9.80 Å². The number of para-hydroxylation sites is 4. The first-order valence-electron chi connectivity index (χ1n) is 21.6. The molecule has 0 N–H and O–H groups in total. The quantitative estimate of drug-likeness (QED) is 0.150. The Bertz CT molecular complexity index is 3480. The zero-order chi connectivity index (χ0) is 41.9. The first-order valence-corrected chi connectivity index (χ1v) is 21.6. The van der Waals surface area contributed by atoms with Gasteiger partial charge in [0.1, 0.15) is 6.17 Å². The molecule has 1 unspecified atom stereocenters. The van der Waals surface area contributed by atoms with Crippen LogP contribution in [0.2, 0.25) is 0 Å². The second-order valence-electron chi connectivity index (χ2n) is 16.4. The number of hydrogen-bond acceptors (Lipinski definition) is 3. The zero-order valence-electron chi connectivity index (χ0n) is 34.8. The van der Waals surface area contributed by atoms with Crippen LogP contribution in [-0.2, 0) is 0 Å². The van der Waals surface area contributed by atoms with Gasteiger partial charge in [-0.25, -0.2) is 0 Å². The standard InChI is InChI=1S/C59H42N4/c1-61-55-28-16-11-17-43(55)39-60-59(61)45-35-44(36-49(37-45)62(46-18-5-2-6-19-46)47-20-7-3-8-21-47)41-31-29-40(30-32-41)42-33-34-54-56(38-42)63(48-22-9-4-10-23-48)58-53-27-15-13-25-51(53)50-24-12-14-26-52(50)57(54)58/h2-39,59H,1H3. The van der Waals surface area contributed by atoms with E-state index in [1.165, 1.54) is 60.2 Å². The van der Waals surface area contributed by atoms with Crippen molar-refractivity contribution in [2.75, 3.05) is 16.8 Å². The van der Waals surface area contributed by atoms with Crippen LogP contribution in [0.1, 0.15) is 17.3 Å². The minimum absolute atomic E-state index is 0.191. The number of anilines is 4. The average molecular weight is 807 g/mol. The second-order valence-corrected chi connectivity index (χ2v) is 16.4. The van der Waals surface area contributed by atoms with Crippen molar-refractivity contribution < 1.29 is 0 Å². The summed E-state index contributed by atoms with van der Waals surface area (Å²) < 4.78 is 2.47. The van der Waals surface area contributed by atoms with Crippen molar-refractivity contribution in [2.45, 2.75) is 6.17 Å². The van der Waals surface area contributed by atoms with Crippen molar-refractivity contribution in [1.29, 1.82) is 0 Å². The van der Waals surface area contributed by atoms with E-state index in [0.29, 0.717) is 0 Å². The maximum Gasteiger partial charge on any atom is 0.146 e. The molecule has 0 saturated heterocycles. The molecule has 2 heterocycles. The van der Waals surface area contributed by atoms with Gasteiger partial charge in [0, 0.05) is 63.4 Å². The van der Waals surface area contributed by atoms with Crippen molar-refractivity contribution in [3.63, 3.8) is 0 Å². The van der Waals surface area contributed by atoms with Crippen LogP contribution in [0, 0.1) is 0 Å². The Balaban J connectivity index is 1.01. The summed E-state index contributed by atoms with van der Waals surface area (Å²) in [6, 6.07) is 81.3. The minimum atomic E-state index is -0.191. The van der Waals surface area contributed by atoms with Gasteiger partial charge >= 0.3 is 0 Å². The van der Waals surface area contributed by atoms with Crippen LogP contribution in [0.25, 0.3) is 71.3 Å². The summed E-state index contributed by atoms with van der Waals surface area (Å²) >= 11 is 0. The molecule has 63 heavy (non-hydrogen) atoms. The average Bonchev–Trinajstić information content (AvgIpc) is 3.70. The van der Waals surface area contributed by atoms with E-state index in [0.717, 1.165) is 45.0 Å². The summed E-state index contributed by atoms with van der Waals surface area (Å²) in [5.74, 6) is 0. The Kier molecular flexibility index (Phi) is 8.75. The predicted molar refractivity (Wildman–Crippen MR) is 267 cm³/mol. The number of rotatable bonds is 7. The summed E-state index contributed by atoms with van der Waals surface area (Å²) in [6.07, 6.45) is 1.83. The zero-order valence-corrected chi connectivity index (χ0v) is 34.8. The van der Waals surface area contributed by atoms with Crippen LogP contribution in [0.5, 0.6) is 0 Å². The Morgan fingerprint density at radius 1 is 0.429 bits per heavy atom. The van der Waals surface area contributed by atoms with Crippen molar-refractivity contribution >= 4 is 72.3 Å². The van der Waals surface area contributed by atoms with Crippen LogP contribution in [0.15, 0.2) is 229 Å². The summed E-state index contributed by atoms with van der Waals surface area (Å²) in [5, 5.41) is 7.62. The summed E-state index contributed by atoms with van der Waals surface area (Å²) in [6.45, 7) is 0. The smallest absolute Gasteiger partial charge is 0.146 e. The van der Waals surface area contributed by atoms with E-state index < -0.39 is 0 Å². The largest absolute Gasteiger partial charge is 0.349 e. The van der Waals surface area contributed by atoms with Gasteiger partial charge in [0.2, 0.25) is 0 Å². The molecule has 0 aliphatic carbocycles. The first kappa shape index (κ1) is 36.6. The van der Waals surface area contributed by atoms with Gasteiger partial charge < -0.3 is 14.4 Å². The van der Waals surface area contributed by atoms with Gasteiger partial charge in [-0.05, 0) is 111 Å². The highest BCUT2D eigenvalue weighted by atomic mass is 15.2. The Hall–Kier alpha value is -8.21. The first-order chi connectivity index (χ1) is 31.2. The van der Waals surface area contributed by atoms with Gasteiger partial charge in [-0.2, -0.15) is 0 Å². The molecule has 0 saturated carbocycles. The number of fused-ring (bicyclic) bond motifs is 9. The third-order valence-corrected chi connectivity index (χ3v) is 12.8. The fourth-order valence-electron chi connectivity index (χ4n) is 9.85. The molecule has 298 valence electrons. The normalized spacial score (nSPS) is 13.5. The number of hydrogen-bond donors (Lipinski definition) is 0. The molecule has 0 spiro atoms. The third kappa shape index (κ3) is 6.18. The minimum Gasteiger partial charge on any atom is -0.349 e. The monoisotopic (exact) mass is 806 g/mol. The molecule has 4 nitrogen and oxygen atoms in total. The lowest BCUT2D eigenvalue weighted by molar-refractivity contribution is 0.703. The van der Waals surface area contributed by atoms with Crippen molar-refractivity contribution in [2.24, 2.45) is 4.99 Å². The van der Waals surface area contributed by atoms with Crippen LogP contribution in [-0.4, -0.2) is 17.8 Å². The molecule has 1 aliphatic rings. The summed E-state index contributed by atoms with van der Waals surface area (Å²) in [7, 11) is 2.15. The van der Waals surface area contributed by atoms with Crippen molar-refractivity contribution in [3.8, 4) is 27.9 Å². The summed E-state index contributed by atoms with van der Waals surface area (Å²) in [4.78, 5) is 9.77. The maximum atomic E-state index is 5.14. The lowest BCUT2D eigenvalue weighted by Crippen LogP contribution is -2.27. The molecule has 1 atom stereocenters. The lowest BCUT2D eigenvalue weighted by Gasteiger charge is -2.33. The van der Waals surface area contributed by atoms with E-state index in [2.05, 4.69) is 246 Å². The molecule has 4 heteroatoms. The van der Waals surface area contributed by atoms with Gasteiger partial charge in [-0.15, -0.1) is 0 Å². The number of aliphatic imine (C=N–C) groups is 1. The van der Waals surface area contributed by atoms with Crippen LogP contribution in [0.4, 0.5) is 22.7 Å². The molecular weight excluding hydrogens is 765 g/mol. The van der Waals surface area contributed by atoms with Gasteiger partial charge in [0.05, 0.1) is 11.0 Å². The lowest BCUT2D eigenvalue weighted by atomic mass is 9.95.